The molecular formula is C11H17BrSi. The molecule has 2 unspecified atom stereocenters. The molecule has 2 rings (SSSR count). The Hall–Kier alpha value is 0.177. The normalized spacial score (nSPS) is 37.8. The molecule has 0 spiro atoms. The van der Waals surface area contributed by atoms with Gasteiger partial charge in [0.1, 0.15) is 0 Å². The zero-order valence-corrected chi connectivity index (χ0v) is 11.2. The molecule has 2 atom stereocenters. The molecule has 0 N–H and O–H groups in total. The van der Waals surface area contributed by atoms with Gasteiger partial charge in [-0.25, -0.2) is 0 Å². The molecule has 0 bridgehead atoms. The van der Waals surface area contributed by atoms with Crippen molar-refractivity contribution in [2.75, 3.05) is 0 Å². The summed E-state index contributed by atoms with van der Waals surface area (Å²) in [7, 11) is -1.07. The highest BCUT2D eigenvalue weighted by Gasteiger charge is 2.43. The van der Waals surface area contributed by atoms with Crippen LogP contribution in [0.1, 0.15) is 12.8 Å². The highest BCUT2D eigenvalue weighted by atomic mass is 79.9. The van der Waals surface area contributed by atoms with Crippen LogP contribution in [0.2, 0.25) is 19.6 Å². The van der Waals surface area contributed by atoms with Gasteiger partial charge in [-0.1, -0.05) is 59.0 Å². The smallest absolute Gasteiger partial charge is 0.0771 e. The molecule has 2 heteroatoms. The standard InChI is InChI=1S/C11H17BrSi/c1-13(2,3)10-5-7-11(12)6-4-9(11)8-10/h5,7-9H,4,6H2,1-3H3. The van der Waals surface area contributed by atoms with E-state index in [9.17, 15) is 0 Å². The fourth-order valence-electron chi connectivity index (χ4n) is 2.02. The highest BCUT2D eigenvalue weighted by molar-refractivity contribution is 9.10. The van der Waals surface area contributed by atoms with Gasteiger partial charge < -0.3 is 0 Å². The third-order valence-corrected chi connectivity index (χ3v) is 6.56. The first-order valence-electron chi connectivity index (χ1n) is 5.02. The highest BCUT2D eigenvalue weighted by Crippen LogP contribution is 2.50. The molecule has 0 aliphatic heterocycles. The van der Waals surface area contributed by atoms with Crippen LogP contribution in [0.25, 0.3) is 0 Å². The molecule has 1 saturated carbocycles. The van der Waals surface area contributed by atoms with Gasteiger partial charge in [-0.15, -0.1) is 0 Å². The summed E-state index contributed by atoms with van der Waals surface area (Å²) in [5.74, 6) is 0.777. The van der Waals surface area contributed by atoms with E-state index in [2.05, 4.69) is 53.8 Å². The van der Waals surface area contributed by atoms with Crippen molar-refractivity contribution >= 4 is 24.0 Å². The van der Waals surface area contributed by atoms with Crippen molar-refractivity contribution in [1.29, 1.82) is 0 Å². The Labute approximate surface area is 90.2 Å². The van der Waals surface area contributed by atoms with E-state index in [-0.39, 0.29) is 0 Å². The second-order valence-electron chi connectivity index (χ2n) is 5.28. The summed E-state index contributed by atoms with van der Waals surface area (Å²) in [6, 6.07) is 0. The van der Waals surface area contributed by atoms with Crippen LogP contribution in [0.5, 0.6) is 0 Å². The molecule has 1 fully saturated rings. The fraction of sp³-hybridized carbons (Fsp3) is 0.636. The Morgan fingerprint density at radius 3 is 2.54 bits per heavy atom. The van der Waals surface area contributed by atoms with E-state index in [1.165, 1.54) is 12.8 Å². The molecular weight excluding hydrogens is 240 g/mol. The molecule has 0 nitrogen and oxygen atoms in total. The van der Waals surface area contributed by atoms with Crippen LogP contribution in [0.4, 0.5) is 0 Å². The van der Waals surface area contributed by atoms with Crippen molar-refractivity contribution in [3.05, 3.63) is 23.4 Å². The van der Waals surface area contributed by atoms with E-state index in [0.29, 0.717) is 4.32 Å². The fourth-order valence-corrected chi connectivity index (χ4v) is 4.02. The number of hydrogen-bond donors (Lipinski definition) is 0. The van der Waals surface area contributed by atoms with Gasteiger partial charge in [-0.2, -0.15) is 0 Å². The van der Waals surface area contributed by atoms with Gasteiger partial charge in [0.15, 0.2) is 0 Å². The first-order chi connectivity index (χ1) is 5.92. The van der Waals surface area contributed by atoms with Crippen molar-refractivity contribution in [3.8, 4) is 0 Å². The number of rotatable bonds is 1. The second-order valence-corrected chi connectivity index (χ2v) is 11.8. The molecule has 0 saturated heterocycles. The summed E-state index contributed by atoms with van der Waals surface area (Å²) in [6.45, 7) is 7.26. The number of hydrogen-bond acceptors (Lipinski definition) is 0. The molecule has 2 aliphatic rings. The maximum Gasteiger partial charge on any atom is 0.0771 e. The largest absolute Gasteiger partial charge is 0.0805 e. The molecule has 13 heavy (non-hydrogen) atoms. The maximum atomic E-state index is 3.82. The van der Waals surface area contributed by atoms with Crippen molar-refractivity contribution in [2.24, 2.45) is 5.92 Å². The van der Waals surface area contributed by atoms with Crippen LogP contribution in [0.3, 0.4) is 0 Å². The van der Waals surface area contributed by atoms with Crippen molar-refractivity contribution in [2.45, 2.75) is 36.8 Å². The van der Waals surface area contributed by atoms with E-state index in [1.54, 1.807) is 5.20 Å². The summed E-state index contributed by atoms with van der Waals surface area (Å²) >= 11 is 3.82. The lowest BCUT2D eigenvalue weighted by molar-refractivity contribution is 0.330. The van der Waals surface area contributed by atoms with Gasteiger partial charge in [0.05, 0.1) is 12.4 Å². The minimum Gasteiger partial charge on any atom is -0.0805 e. The lowest BCUT2D eigenvalue weighted by Crippen LogP contribution is -2.41. The van der Waals surface area contributed by atoms with Gasteiger partial charge in [0.2, 0.25) is 0 Å². The Balaban J connectivity index is 2.24. The number of allylic oxidation sites excluding steroid dienone is 4. The van der Waals surface area contributed by atoms with Gasteiger partial charge in [0.25, 0.3) is 0 Å². The van der Waals surface area contributed by atoms with Crippen LogP contribution >= 0.6 is 15.9 Å². The topological polar surface area (TPSA) is 0 Å². The van der Waals surface area contributed by atoms with E-state index < -0.39 is 8.07 Å². The van der Waals surface area contributed by atoms with E-state index >= 15 is 0 Å². The lowest BCUT2D eigenvalue weighted by Gasteiger charge is -2.45. The minimum atomic E-state index is -1.07. The quantitative estimate of drug-likeness (QED) is 0.493. The molecule has 0 aromatic heterocycles. The molecule has 0 radical (unpaired) electrons. The number of fused-ring (bicyclic) bond motifs is 1. The van der Waals surface area contributed by atoms with Crippen LogP contribution in [0.15, 0.2) is 23.4 Å². The number of halogens is 1. The van der Waals surface area contributed by atoms with Gasteiger partial charge in [0, 0.05) is 0 Å². The van der Waals surface area contributed by atoms with Crippen LogP contribution in [0, 0.1) is 5.92 Å². The zero-order chi connectivity index (χ0) is 9.69. The Morgan fingerprint density at radius 2 is 2.15 bits per heavy atom. The van der Waals surface area contributed by atoms with E-state index in [0.717, 1.165) is 5.92 Å². The summed E-state index contributed by atoms with van der Waals surface area (Å²) in [6.07, 6.45) is 9.93. The Morgan fingerprint density at radius 1 is 1.46 bits per heavy atom. The van der Waals surface area contributed by atoms with Gasteiger partial charge in [-0.05, 0) is 18.8 Å². The second kappa shape index (κ2) is 2.83. The first-order valence-corrected chi connectivity index (χ1v) is 9.32. The van der Waals surface area contributed by atoms with Crippen molar-refractivity contribution < 1.29 is 0 Å². The van der Waals surface area contributed by atoms with Crippen LogP contribution < -0.4 is 0 Å². The predicted molar refractivity (Wildman–Crippen MR) is 65.0 cm³/mol. The molecule has 2 aliphatic carbocycles. The van der Waals surface area contributed by atoms with Gasteiger partial charge >= 0.3 is 0 Å². The monoisotopic (exact) mass is 256 g/mol. The summed E-state index contributed by atoms with van der Waals surface area (Å²) in [5, 5.41) is 1.63. The average molecular weight is 257 g/mol. The zero-order valence-electron chi connectivity index (χ0n) is 8.60. The molecule has 72 valence electrons. The SMILES string of the molecule is C[Si](C)(C)C1=CC2CCC2(Br)C=C1. The minimum absolute atomic E-state index is 0.343. The lowest BCUT2D eigenvalue weighted by atomic mass is 9.71. The first kappa shape index (κ1) is 9.72. The predicted octanol–water partition coefficient (Wildman–Crippen LogP) is 3.90. The summed E-state index contributed by atoms with van der Waals surface area (Å²) in [5.41, 5.74) is 0. The average Bonchev–Trinajstić information content (AvgIpc) is 1.97. The third kappa shape index (κ3) is 1.59. The summed E-state index contributed by atoms with van der Waals surface area (Å²) in [4.78, 5) is 0. The number of alkyl halides is 1. The van der Waals surface area contributed by atoms with Crippen molar-refractivity contribution in [3.63, 3.8) is 0 Å². The van der Waals surface area contributed by atoms with Crippen LogP contribution in [-0.4, -0.2) is 12.4 Å². The molecule has 0 amide bonds. The van der Waals surface area contributed by atoms with Crippen molar-refractivity contribution in [1.82, 2.24) is 0 Å². The molecule has 0 heterocycles. The van der Waals surface area contributed by atoms with E-state index in [4.69, 9.17) is 0 Å². The molecule has 0 aromatic carbocycles. The molecule has 0 aromatic rings. The van der Waals surface area contributed by atoms with Crippen LogP contribution in [-0.2, 0) is 0 Å². The Bertz CT molecular complexity index is 285. The Kier molecular flexibility index (Phi) is 2.12. The van der Waals surface area contributed by atoms with E-state index in [1.807, 2.05) is 0 Å². The third-order valence-electron chi connectivity index (χ3n) is 3.24. The maximum absolute atomic E-state index is 3.82. The summed E-state index contributed by atoms with van der Waals surface area (Å²) < 4.78 is 0.343. The van der Waals surface area contributed by atoms with Gasteiger partial charge in [-0.3, -0.25) is 0 Å².